The summed E-state index contributed by atoms with van der Waals surface area (Å²) < 4.78 is 4.90. The number of hydrogen-bond acceptors (Lipinski definition) is 7. The number of carbonyl (C=O) groups excluding carboxylic acids is 1. The highest BCUT2D eigenvalue weighted by Gasteiger charge is 2.19. The van der Waals surface area contributed by atoms with Crippen molar-refractivity contribution in [3.63, 3.8) is 0 Å². The van der Waals surface area contributed by atoms with Gasteiger partial charge in [0.1, 0.15) is 12.3 Å². The molecule has 6 nitrogen and oxygen atoms in total. The van der Waals surface area contributed by atoms with Gasteiger partial charge in [-0.2, -0.15) is 0 Å². The topological polar surface area (TPSA) is 86.8 Å². The maximum absolute atomic E-state index is 11.7. The molecule has 100 valence electrons. The second kappa shape index (κ2) is 6.95. The van der Waals surface area contributed by atoms with E-state index in [0.717, 1.165) is 0 Å². The van der Waals surface area contributed by atoms with Gasteiger partial charge in [-0.05, 0) is 12.8 Å². The molecule has 0 aliphatic carbocycles. The van der Waals surface area contributed by atoms with Crippen LogP contribution in [-0.2, 0) is 14.4 Å². The predicted octanol–water partition coefficient (Wildman–Crippen LogP) is 1.67. The molecule has 1 rings (SSSR count). The van der Waals surface area contributed by atoms with Crippen LogP contribution in [0.25, 0.3) is 0 Å². The molecule has 0 aromatic carbocycles. The first-order valence-corrected chi connectivity index (χ1v) is 6.51. The lowest BCUT2D eigenvalue weighted by Crippen LogP contribution is -2.20. The molecule has 0 saturated heterocycles. The van der Waals surface area contributed by atoms with E-state index in [1.165, 1.54) is 11.3 Å². The van der Waals surface area contributed by atoms with Crippen LogP contribution in [0.1, 0.15) is 26.5 Å². The molecule has 1 aromatic heterocycles. The lowest BCUT2D eigenvalue weighted by Gasteiger charge is -2.05. The average molecular weight is 271 g/mol. The lowest BCUT2D eigenvalue weighted by atomic mass is 10.2. The van der Waals surface area contributed by atoms with Gasteiger partial charge in [0.2, 0.25) is 5.71 Å². The van der Waals surface area contributed by atoms with Gasteiger partial charge in [0.15, 0.2) is 5.13 Å². The molecule has 18 heavy (non-hydrogen) atoms. The Morgan fingerprint density at radius 1 is 1.61 bits per heavy atom. The number of nitrogens with two attached hydrogens (primary N) is 1. The van der Waals surface area contributed by atoms with Crippen molar-refractivity contribution in [1.82, 2.24) is 4.98 Å². The fourth-order valence-corrected chi connectivity index (χ4v) is 1.58. The van der Waals surface area contributed by atoms with E-state index in [-0.39, 0.29) is 12.3 Å². The number of nitrogens with zero attached hydrogens (tertiary/aromatic N) is 2. The van der Waals surface area contributed by atoms with Crippen LogP contribution in [0.2, 0.25) is 0 Å². The quantitative estimate of drug-likeness (QED) is 0.483. The number of oxime groups is 1. The fourth-order valence-electron chi connectivity index (χ4n) is 1.04. The molecule has 1 aromatic rings. The highest BCUT2D eigenvalue weighted by atomic mass is 32.1. The van der Waals surface area contributed by atoms with Crippen LogP contribution >= 0.6 is 11.3 Å². The van der Waals surface area contributed by atoms with Crippen molar-refractivity contribution in [3.8, 4) is 0 Å². The third-order valence-corrected chi connectivity index (χ3v) is 2.47. The van der Waals surface area contributed by atoms with Crippen molar-refractivity contribution in [2.24, 2.45) is 11.1 Å². The Morgan fingerprint density at radius 3 is 2.83 bits per heavy atom. The molecule has 0 unspecified atom stereocenters. The molecule has 0 amide bonds. The number of nitrogen functional groups attached to an aromatic ring is 1. The predicted molar refractivity (Wildman–Crippen MR) is 70.5 cm³/mol. The molecule has 1 heterocycles. The van der Waals surface area contributed by atoms with Gasteiger partial charge in [-0.15, -0.1) is 11.3 Å². The second-order valence-corrected chi connectivity index (χ2v) is 4.81. The van der Waals surface area contributed by atoms with Crippen LogP contribution in [0.5, 0.6) is 0 Å². The summed E-state index contributed by atoms with van der Waals surface area (Å²) in [6, 6.07) is 0. The molecule has 0 spiro atoms. The molecule has 0 bridgehead atoms. The summed E-state index contributed by atoms with van der Waals surface area (Å²) in [7, 11) is 0. The Kier molecular flexibility index (Phi) is 5.57. The van der Waals surface area contributed by atoms with E-state index in [2.05, 4.69) is 10.1 Å². The standard InChI is InChI=1S/C11H17N3O3S/c1-4-16-10(15)9(14-17-5-7(2)3)8-6-18-11(12)13-8/h6-7H,4-5H2,1-3H3,(H2,12,13). The van der Waals surface area contributed by atoms with Gasteiger partial charge < -0.3 is 15.3 Å². The number of aromatic nitrogens is 1. The lowest BCUT2D eigenvalue weighted by molar-refractivity contribution is -0.135. The fraction of sp³-hybridized carbons (Fsp3) is 0.545. The van der Waals surface area contributed by atoms with E-state index in [1.54, 1.807) is 12.3 Å². The van der Waals surface area contributed by atoms with Crippen LogP contribution in [0.15, 0.2) is 10.5 Å². The first-order valence-electron chi connectivity index (χ1n) is 5.63. The molecular weight excluding hydrogens is 254 g/mol. The third kappa shape index (κ3) is 4.33. The number of hydrogen-bond donors (Lipinski definition) is 1. The monoisotopic (exact) mass is 271 g/mol. The maximum Gasteiger partial charge on any atom is 0.362 e. The van der Waals surface area contributed by atoms with Crippen LogP contribution < -0.4 is 5.73 Å². The van der Waals surface area contributed by atoms with E-state index in [9.17, 15) is 4.79 Å². The van der Waals surface area contributed by atoms with Gasteiger partial charge in [-0.25, -0.2) is 9.78 Å². The van der Waals surface area contributed by atoms with Crippen molar-refractivity contribution >= 4 is 28.1 Å². The van der Waals surface area contributed by atoms with E-state index in [4.69, 9.17) is 15.3 Å². The van der Waals surface area contributed by atoms with Gasteiger partial charge in [-0.3, -0.25) is 0 Å². The summed E-state index contributed by atoms with van der Waals surface area (Å²) in [5, 5.41) is 5.81. The van der Waals surface area contributed by atoms with Crippen molar-refractivity contribution in [3.05, 3.63) is 11.1 Å². The van der Waals surface area contributed by atoms with E-state index in [1.807, 2.05) is 13.8 Å². The summed E-state index contributed by atoms with van der Waals surface area (Å²) in [5.74, 6) is -0.246. The summed E-state index contributed by atoms with van der Waals surface area (Å²) in [4.78, 5) is 20.8. The number of thiazole rings is 1. The van der Waals surface area contributed by atoms with Crippen molar-refractivity contribution in [1.29, 1.82) is 0 Å². The molecule has 0 aliphatic rings. The molecule has 0 radical (unpaired) electrons. The molecule has 7 heteroatoms. The van der Waals surface area contributed by atoms with E-state index < -0.39 is 5.97 Å². The number of esters is 1. The molecule has 0 aliphatic heterocycles. The van der Waals surface area contributed by atoms with Gasteiger partial charge in [0.05, 0.1) is 6.61 Å². The zero-order valence-corrected chi connectivity index (χ0v) is 11.5. The number of carbonyl (C=O) groups is 1. The summed E-state index contributed by atoms with van der Waals surface area (Å²) >= 11 is 1.23. The first-order chi connectivity index (χ1) is 8.54. The number of anilines is 1. The van der Waals surface area contributed by atoms with Crippen LogP contribution in [-0.4, -0.2) is 29.9 Å². The van der Waals surface area contributed by atoms with Gasteiger partial charge in [0, 0.05) is 5.38 Å². The van der Waals surface area contributed by atoms with Crippen molar-refractivity contribution < 1.29 is 14.4 Å². The van der Waals surface area contributed by atoms with Crippen LogP contribution in [0.3, 0.4) is 0 Å². The Balaban J connectivity index is 2.84. The minimum absolute atomic E-state index is 0.0467. The highest BCUT2D eigenvalue weighted by Crippen LogP contribution is 2.13. The normalized spacial score (nSPS) is 11.7. The third-order valence-electron chi connectivity index (χ3n) is 1.80. The molecular formula is C11H17N3O3S. The molecule has 0 fully saturated rings. The summed E-state index contributed by atoms with van der Waals surface area (Å²) in [5.41, 5.74) is 5.95. The SMILES string of the molecule is CCOC(=O)C(=NOCC(C)C)c1csc(N)n1. The van der Waals surface area contributed by atoms with Gasteiger partial charge in [0.25, 0.3) is 0 Å². The molecule has 0 saturated carbocycles. The van der Waals surface area contributed by atoms with E-state index in [0.29, 0.717) is 23.4 Å². The number of ether oxygens (including phenoxy) is 1. The van der Waals surface area contributed by atoms with Gasteiger partial charge in [-0.1, -0.05) is 19.0 Å². The highest BCUT2D eigenvalue weighted by molar-refractivity contribution is 7.13. The second-order valence-electron chi connectivity index (χ2n) is 3.92. The Morgan fingerprint density at radius 2 is 2.33 bits per heavy atom. The minimum atomic E-state index is -0.563. The Bertz CT molecular complexity index is 429. The Labute approximate surface area is 110 Å². The van der Waals surface area contributed by atoms with E-state index >= 15 is 0 Å². The first kappa shape index (κ1) is 14.4. The Hall–Kier alpha value is -1.63. The smallest absolute Gasteiger partial charge is 0.362 e. The van der Waals surface area contributed by atoms with Crippen molar-refractivity contribution in [2.75, 3.05) is 18.9 Å². The summed E-state index contributed by atoms with van der Waals surface area (Å²) in [6.07, 6.45) is 0. The van der Waals surface area contributed by atoms with Crippen LogP contribution in [0, 0.1) is 5.92 Å². The average Bonchev–Trinajstić information content (AvgIpc) is 2.71. The largest absolute Gasteiger partial charge is 0.461 e. The minimum Gasteiger partial charge on any atom is -0.461 e. The molecule has 2 N–H and O–H groups in total. The maximum atomic E-state index is 11.7. The number of rotatable bonds is 6. The van der Waals surface area contributed by atoms with Crippen LogP contribution in [0.4, 0.5) is 5.13 Å². The molecule has 0 atom stereocenters. The zero-order valence-electron chi connectivity index (χ0n) is 10.7. The summed E-state index contributed by atoms with van der Waals surface area (Å²) in [6.45, 7) is 6.38. The van der Waals surface area contributed by atoms with Crippen molar-refractivity contribution in [2.45, 2.75) is 20.8 Å². The zero-order chi connectivity index (χ0) is 13.5. The van der Waals surface area contributed by atoms with Gasteiger partial charge >= 0.3 is 5.97 Å².